The summed E-state index contributed by atoms with van der Waals surface area (Å²) in [5.74, 6) is 0.766. The van der Waals surface area contributed by atoms with Crippen LogP contribution in [0.25, 0.3) is 0 Å². The molecular formula is C18H16F3NO4. The summed E-state index contributed by atoms with van der Waals surface area (Å²) in [4.78, 5) is 12.0. The zero-order valence-corrected chi connectivity index (χ0v) is 13.8. The van der Waals surface area contributed by atoms with Crippen LogP contribution in [-0.2, 0) is 11.0 Å². The summed E-state index contributed by atoms with van der Waals surface area (Å²) in [6.45, 7) is 1.54. The summed E-state index contributed by atoms with van der Waals surface area (Å²) in [7, 11) is 0. The molecule has 1 atom stereocenters. The first-order valence-corrected chi connectivity index (χ1v) is 7.82. The van der Waals surface area contributed by atoms with Crippen LogP contribution >= 0.6 is 0 Å². The molecule has 1 N–H and O–H groups in total. The number of nitrogens with one attached hydrogen (secondary N) is 1. The van der Waals surface area contributed by atoms with E-state index in [-0.39, 0.29) is 18.6 Å². The van der Waals surface area contributed by atoms with Gasteiger partial charge < -0.3 is 19.5 Å². The molecule has 26 heavy (non-hydrogen) atoms. The lowest BCUT2D eigenvalue weighted by molar-refractivity contribution is -0.137. The molecule has 5 nitrogen and oxygen atoms in total. The van der Waals surface area contributed by atoms with Crippen molar-refractivity contribution < 1.29 is 32.2 Å². The van der Waals surface area contributed by atoms with Gasteiger partial charge in [0, 0.05) is 0 Å². The predicted molar refractivity (Wildman–Crippen MR) is 86.1 cm³/mol. The molecule has 0 aromatic heterocycles. The van der Waals surface area contributed by atoms with Gasteiger partial charge in [0.25, 0.3) is 5.91 Å². The summed E-state index contributed by atoms with van der Waals surface area (Å²) in [5, 5.41) is 2.72. The Hall–Kier alpha value is -2.90. The fourth-order valence-corrected chi connectivity index (χ4v) is 2.46. The Morgan fingerprint density at radius 3 is 2.73 bits per heavy atom. The van der Waals surface area contributed by atoms with Crippen LogP contribution in [0.1, 0.15) is 24.1 Å². The third-order valence-corrected chi connectivity index (χ3v) is 3.81. The van der Waals surface area contributed by atoms with Crippen LogP contribution in [0.5, 0.6) is 17.2 Å². The molecule has 0 spiro atoms. The van der Waals surface area contributed by atoms with Gasteiger partial charge in [-0.3, -0.25) is 4.79 Å². The van der Waals surface area contributed by atoms with Crippen molar-refractivity contribution in [2.24, 2.45) is 0 Å². The van der Waals surface area contributed by atoms with E-state index in [9.17, 15) is 18.0 Å². The number of benzene rings is 2. The highest BCUT2D eigenvalue weighted by Gasteiger charge is 2.30. The highest BCUT2D eigenvalue weighted by Crippen LogP contribution is 2.34. The normalized spacial score (nSPS) is 14.0. The first-order chi connectivity index (χ1) is 12.3. The van der Waals surface area contributed by atoms with Crippen molar-refractivity contribution in [3.63, 3.8) is 0 Å². The van der Waals surface area contributed by atoms with Crippen LogP contribution in [0, 0.1) is 0 Å². The number of fused-ring (bicyclic) bond motifs is 1. The van der Waals surface area contributed by atoms with Gasteiger partial charge in [-0.1, -0.05) is 12.1 Å². The lowest BCUT2D eigenvalue weighted by Gasteiger charge is -2.15. The standard InChI is InChI=1S/C18H16F3NO4/c1-11(12-5-6-15-16(7-12)26-10-25-15)22-17(23)9-24-14-4-2-3-13(8-14)18(19,20)21/h2-8,11H,9-10H2,1H3,(H,22,23). The quantitative estimate of drug-likeness (QED) is 0.876. The first-order valence-electron chi connectivity index (χ1n) is 7.82. The highest BCUT2D eigenvalue weighted by molar-refractivity contribution is 5.78. The highest BCUT2D eigenvalue weighted by atomic mass is 19.4. The zero-order valence-electron chi connectivity index (χ0n) is 13.8. The third-order valence-electron chi connectivity index (χ3n) is 3.81. The molecule has 2 aromatic carbocycles. The van der Waals surface area contributed by atoms with Gasteiger partial charge in [0.1, 0.15) is 5.75 Å². The van der Waals surface area contributed by atoms with E-state index in [4.69, 9.17) is 14.2 Å². The second-order valence-corrected chi connectivity index (χ2v) is 5.72. The number of rotatable bonds is 5. The molecular weight excluding hydrogens is 351 g/mol. The molecule has 138 valence electrons. The Morgan fingerprint density at radius 1 is 1.19 bits per heavy atom. The fraction of sp³-hybridized carbons (Fsp3) is 0.278. The SMILES string of the molecule is CC(NC(=O)COc1cccc(C(F)(F)F)c1)c1ccc2c(c1)OCO2. The molecule has 0 radical (unpaired) electrons. The molecule has 1 aliphatic rings. The van der Waals surface area contributed by atoms with Gasteiger partial charge in [-0.25, -0.2) is 0 Å². The maximum atomic E-state index is 12.7. The van der Waals surface area contributed by atoms with E-state index in [2.05, 4.69) is 5.32 Å². The molecule has 1 aliphatic heterocycles. The smallest absolute Gasteiger partial charge is 0.416 e. The molecule has 3 rings (SSSR count). The Bertz CT molecular complexity index is 807. The van der Waals surface area contributed by atoms with E-state index in [0.717, 1.165) is 17.7 Å². The Morgan fingerprint density at radius 2 is 1.96 bits per heavy atom. The summed E-state index contributed by atoms with van der Waals surface area (Å²) in [6.07, 6.45) is -4.46. The number of ether oxygens (including phenoxy) is 3. The topological polar surface area (TPSA) is 56.8 Å². The molecule has 0 bridgehead atoms. The summed E-state index contributed by atoms with van der Waals surface area (Å²) < 4.78 is 53.7. The first kappa shape index (κ1) is 17.9. The summed E-state index contributed by atoms with van der Waals surface area (Å²) in [6, 6.07) is 9.37. The minimum atomic E-state index is -4.46. The Kier molecular flexibility index (Phi) is 4.92. The second-order valence-electron chi connectivity index (χ2n) is 5.72. The average Bonchev–Trinajstić information content (AvgIpc) is 3.07. The van der Waals surface area contributed by atoms with Gasteiger partial charge in [-0.15, -0.1) is 0 Å². The molecule has 1 heterocycles. The zero-order chi connectivity index (χ0) is 18.7. The third kappa shape index (κ3) is 4.19. The summed E-state index contributed by atoms with van der Waals surface area (Å²) >= 11 is 0. The van der Waals surface area contributed by atoms with E-state index >= 15 is 0 Å². The largest absolute Gasteiger partial charge is 0.484 e. The van der Waals surface area contributed by atoms with Gasteiger partial charge in [0.15, 0.2) is 18.1 Å². The van der Waals surface area contributed by atoms with E-state index in [1.54, 1.807) is 25.1 Å². The van der Waals surface area contributed by atoms with Crippen LogP contribution in [0.15, 0.2) is 42.5 Å². The van der Waals surface area contributed by atoms with Gasteiger partial charge in [0.05, 0.1) is 11.6 Å². The van der Waals surface area contributed by atoms with Crippen LogP contribution < -0.4 is 19.5 Å². The molecule has 0 saturated carbocycles. The predicted octanol–water partition coefficient (Wildman–Crippen LogP) is 3.69. The Labute approximate surface area is 147 Å². The second kappa shape index (κ2) is 7.15. The van der Waals surface area contributed by atoms with Gasteiger partial charge in [-0.05, 0) is 42.8 Å². The van der Waals surface area contributed by atoms with Crippen LogP contribution in [0.2, 0.25) is 0 Å². The van der Waals surface area contributed by atoms with Crippen molar-refractivity contribution in [2.75, 3.05) is 13.4 Å². The Balaban J connectivity index is 1.56. The molecule has 1 amide bonds. The van der Waals surface area contributed by atoms with Crippen LogP contribution in [0.4, 0.5) is 13.2 Å². The number of halogens is 3. The van der Waals surface area contributed by atoms with E-state index in [1.165, 1.54) is 12.1 Å². The maximum absolute atomic E-state index is 12.7. The molecule has 0 saturated heterocycles. The summed E-state index contributed by atoms with van der Waals surface area (Å²) in [5.41, 5.74) is -0.0224. The maximum Gasteiger partial charge on any atom is 0.416 e. The van der Waals surface area contributed by atoms with Crippen LogP contribution in [-0.4, -0.2) is 19.3 Å². The average molecular weight is 367 g/mol. The number of alkyl halides is 3. The van der Waals surface area contributed by atoms with Gasteiger partial charge >= 0.3 is 6.18 Å². The fourth-order valence-electron chi connectivity index (χ4n) is 2.46. The number of carbonyl (C=O) groups excluding carboxylic acids is 1. The van der Waals surface area contributed by atoms with Crippen LogP contribution in [0.3, 0.4) is 0 Å². The molecule has 0 aliphatic carbocycles. The lowest BCUT2D eigenvalue weighted by atomic mass is 10.1. The van der Waals surface area contributed by atoms with Crippen molar-refractivity contribution in [3.8, 4) is 17.2 Å². The van der Waals surface area contributed by atoms with E-state index in [1.807, 2.05) is 0 Å². The van der Waals surface area contributed by atoms with Crippen molar-refractivity contribution in [1.82, 2.24) is 5.32 Å². The molecule has 0 fully saturated rings. The molecule has 8 heteroatoms. The number of carbonyl (C=O) groups is 1. The minimum Gasteiger partial charge on any atom is -0.484 e. The molecule has 2 aromatic rings. The van der Waals surface area contributed by atoms with Crippen molar-refractivity contribution in [2.45, 2.75) is 19.1 Å². The van der Waals surface area contributed by atoms with Crippen molar-refractivity contribution in [1.29, 1.82) is 0 Å². The molecule has 1 unspecified atom stereocenters. The lowest BCUT2D eigenvalue weighted by Crippen LogP contribution is -2.31. The monoisotopic (exact) mass is 367 g/mol. The minimum absolute atomic E-state index is 0.0225. The number of hydrogen-bond donors (Lipinski definition) is 1. The number of hydrogen-bond acceptors (Lipinski definition) is 4. The van der Waals surface area contributed by atoms with Crippen molar-refractivity contribution >= 4 is 5.91 Å². The van der Waals surface area contributed by atoms with E-state index in [0.29, 0.717) is 11.5 Å². The number of amides is 1. The van der Waals surface area contributed by atoms with Crippen molar-refractivity contribution in [3.05, 3.63) is 53.6 Å². The van der Waals surface area contributed by atoms with E-state index < -0.39 is 24.3 Å². The van der Waals surface area contributed by atoms with Gasteiger partial charge in [0.2, 0.25) is 6.79 Å². The van der Waals surface area contributed by atoms with Gasteiger partial charge in [-0.2, -0.15) is 13.2 Å².